The van der Waals surface area contributed by atoms with E-state index < -0.39 is 17.5 Å². The summed E-state index contributed by atoms with van der Waals surface area (Å²) in [4.78, 5) is 19.6. The molecule has 0 spiro atoms. The number of aromatic nitrogens is 4. The maximum atomic E-state index is 14.3. The Bertz CT molecular complexity index is 1240. The minimum absolute atomic E-state index is 0.0864. The third kappa shape index (κ3) is 2.82. The number of benzene rings is 1. The summed E-state index contributed by atoms with van der Waals surface area (Å²) < 4.78 is 28.8. The standard InChI is InChI=1S/C19H13F2N5O2/c1-9-17(12-4-3-11(20)6-13(12)21)19-24-15(7-16(27)26(19)25-9)10-2-5-14(18(22)28)23-8-10/h2-8,27H,1H3,(H2,22,28). The van der Waals surface area contributed by atoms with Crippen LogP contribution in [0, 0.1) is 18.6 Å². The molecule has 9 heteroatoms. The van der Waals surface area contributed by atoms with Gasteiger partial charge in [0.05, 0.1) is 17.0 Å². The molecule has 0 aliphatic heterocycles. The first-order chi connectivity index (χ1) is 13.3. The number of halogens is 2. The zero-order valence-electron chi connectivity index (χ0n) is 14.5. The van der Waals surface area contributed by atoms with Crippen LogP contribution >= 0.6 is 0 Å². The highest BCUT2D eigenvalue weighted by atomic mass is 19.1. The molecule has 3 heterocycles. The first-order valence-corrected chi connectivity index (χ1v) is 8.16. The topological polar surface area (TPSA) is 106 Å². The molecule has 0 bridgehead atoms. The second kappa shape index (κ2) is 6.38. The van der Waals surface area contributed by atoms with Gasteiger partial charge in [0.2, 0.25) is 5.88 Å². The number of carbonyl (C=O) groups is 1. The molecule has 0 aliphatic carbocycles. The maximum absolute atomic E-state index is 14.3. The lowest BCUT2D eigenvalue weighted by Gasteiger charge is -2.06. The van der Waals surface area contributed by atoms with Gasteiger partial charge in [0.25, 0.3) is 5.91 Å². The number of carbonyl (C=O) groups excluding carboxylic acids is 1. The van der Waals surface area contributed by atoms with Gasteiger partial charge >= 0.3 is 0 Å². The van der Waals surface area contributed by atoms with Gasteiger partial charge in [-0.15, -0.1) is 0 Å². The van der Waals surface area contributed by atoms with Crippen LogP contribution < -0.4 is 5.73 Å². The van der Waals surface area contributed by atoms with E-state index in [1.807, 2.05) is 0 Å². The Hall–Kier alpha value is -3.88. The van der Waals surface area contributed by atoms with Crippen LogP contribution in [0.4, 0.5) is 8.78 Å². The van der Waals surface area contributed by atoms with Crippen molar-refractivity contribution in [2.24, 2.45) is 5.73 Å². The molecule has 1 aromatic carbocycles. The molecule has 1 amide bonds. The summed E-state index contributed by atoms with van der Waals surface area (Å²) in [5, 5.41) is 14.6. The number of aromatic hydroxyl groups is 1. The number of nitrogens with two attached hydrogens (primary N) is 1. The predicted octanol–water partition coefficient (Wildman–Crippen LogP) is 2.85. The Morgan fingerprint density at radius 1 is 1.18 bits per heavy atom. The van der Waals surface area contributed by atoms with Crippen molar-refractivity contribution in [3.63, 3.8) is 0 Å². The zero-order chi connectivity index (χ0) is 20.0. The van der Waals surface area contributed by atoms with E-state index in [1.54, 1.807) is 13.0 Å². The normalized spacial score (nSPS) is 11.1. The number of pyridine rings is 1. The summed E-state index contributed by atoms with van der Waals surface area (Å²) in [6.07, 6.45) is 1.39. The van der Waals surface area contributed by atoms with Crippen LogP contribution in [0.1, 0.15) is 16.2 Å². The van der Waals surface area contributed by atoms with E-state index in [1.165, 1.54) is 28.9 Å². The van der Waals surface area contributed by atoms with Crippen LogP contribution in [0.25, 0.3) is 28.0 Å². The molecule has 7 nitrogen and oxygen atoms in total. The van der Waals surface area contributed by atoms with E-state index in [9.17, 15) is 18.7 Å². The minimum atomic E-state index is -0.767. The van der Waals surface area contributed by atoms with Crippen molar-refractivity contribution < 1.29 is 18.7 Å². The molecule has 3 N–H and O–H groups in total. The molecule has 0 atom stereocenters. The molecule has 0 saturated carbocycles. The first-order valence-electron chi connectivity index (χ1n) is 8.16. The molecular formula is C19H13F2N5O2. The largest absolute Gasteiger partial charge is 0.493 e. The molecule has 0 radical (unpaired) electrons. The molecule has 3 aromatic heterocycles. The van der Waals surface area contributed by atoms with Crippen LogP contribution in [0.2, 0.25) is 0 Å². The number of nitrogens with zero attached hydrogens (tertiary/aromatic N) is 4. The second-order valence-corrected chi connectivity index (χ2v) is 6.12. The Morgan fingerprint density at radius 2 is 1.96 bits per heavy atom. The average molecular weight is 381 g/mol. The van der Waals surface area contributed by atoms with Gasteiger partial charge in [-0.2, -0.15) is 9.61 Å². The maximum Gasteiger partial charge on any atom is 0.267 e. The fourth-order valence-electron chi connectivity index (χ4n) is 2.95. The van der Waals surface area contributed by atoms with Crippen LogP contribution in [0.3, 0.4) is 0 Å². The Kier molecular flexibility index (Phi) is 3.99. The number of aryl methyl sites for hydroxylation is 1. The highest BCUT2D eigenvalue weighted by molar-refractivity contribution is 5.91. The lowest BCUT2D eigenvalue weighted by Crippen LogP contribution is -2.12. The van der Waals surface area contributed by atoms with Crippen molar-refractivity contribution in [2.75, 3.05) is 0 Å². The molecule has 0 saturated heterocycles. The number of primary amides is 1. The second-order valence-electron chi connectivity index (χ2n) is 6.12. The van der Waals surface area contributed by atoms with Gasteiger partial charge in [-0.3, -0.25) is 9.78 Å². The highest BCUT2D eigenvalue weighted by Crippen LogP contribution is 2.33. The summed E-state index contributed by atoms with van der Waals surface area (Å²) >= 11 is 0. The first kappa shape index (κ1) is 17.5. The van der Waals surface area contributed by atoms with Crippen molar-refractivity contribution in [2.45, 2.75) is 6.92 Å². The summed E-state index contributed by atoms with van der Waals surface area (Å²) in [5.74, 6) is -2.36. The lowest BCUT2D eigenvalue weighted by atomic mass is 10.1. The van der Waals surface area contributed by atoms with E-state index in [0.717, 1.165) is 12.1 Å². The van der Waals surface area contributed by atoms with Crippen molar-refractivity contribution in [1.29, 1.82) is 0 Å². The molecule has 4 rings (SSSR count). The number of hydrogen-bond acceptors (Lipinski definition) is 5. The quantitative estimate of drug-likeness (QED) is 0.568. The molecule has 0 aliphatic rings. The number of rotatable bonds is 3. The number of fused-ring (bicyclic) bond motifs is 1. The van der Waals surface area contributed by atoms with Crippen LogP contribution in [0.15, 0.2) is 42.6 Å². The average Bonchev–Trinajstić information content (AvgIpc) is 2.98. The molecule has 0 unspecified atom stereocenters. The highest BCUT2D eigenvalue weighted by Gasteiger charge is 2.20. The summed E-state index contributed by atoms with van der Waals surface area (Å²) in [5.41, 5.74) is 7.15. The molecular weight excluding hydrogens is 368 g/mol. The van der Waals surface area contributed by atoms with E-state index in [0.29, 0.717) is 22.5 Å². The Morgan fingerprint density at radius 3 is 2.61 bits per heavy atom. The molecule has 140 valence electrons. The van der Waals surface area contributed by atoms with Crippen molar-refractivity contribution >= 4 is 11.6 Å². The Labute approximate surface area is 157 Å². The van der Waals surface area contributed by atoms with Gasteiger partial charge in [-0.05, 0) is 31.2 Å². The van der Waals surface area contributed by atoms with Gasteiger partial charge in [-0.1, -0.05) is 0 Å². The van der Waals surface area contributed by atoms with Gasteiger partial charge in [0.15, 0.2) is 5.65 Å². The van der Waals surface area contributed by atoms with Crippen molar-refractivity contribution in [1.82, 2.24) is 19.6 Å². The van der Waals surface area contributed by atoms with Gasteiger partial charge < -0.3 is 10.8 Å². The van der Waals surface area contributed by atoms with E-state index in [2.05, 4.69) is 15.1 Å². The molecule has 0 fully saturated rings. The third-order valence-electron chi connectivity index (χ3n) is 4.26. The van der Waals surface area contributed by atoms with E-state index in [-0.39, 0.29) is 22.8 Å². The zero-order valence-corrected chi connectivity index (χ0v) is 14.5. The fourth-order valence-corrected chi connectivity index (χ4v) is 2.95. The van der Waals surface area contributed by atoms with Gasteiger partial charge in [0, 0.05) is 29.5 Å². The summed E-state index contributed by atoms with van der Waals surface area (Å²) in [6.45, 7) is 1.63. The molecule has 28 heavy (non-hydrogen) atoms. The van der Waals surface area contributed by atoms with Crippen LogP contribution in [-0.4, -0.2) is 30.6 Å². The monoisotopic (exact) mass is 381 g/mol. The number of amides is 1. The third-order valence-corrected chi connectivity index (χ3v) is 4.26. The lowest BCUT2D eigenvalue weighted by molar-refractivity contribution is 0.0995. The SMILES string of the molecule is Cc1nn2c(O)cc(-c3ccc(C(N)=O)nc3)nc2c1-c1ccc(F)cc1F. The van der Waals surface area contributed by atoms with Crippen molar-refractivity contribution in [3.8, 4) is 28.3 Å². The van der Waals surface area contributed by atoms with Crippen molar-refractivity contribution in [3.05, 3.63) is 65.6 Å². The molecule has 4 aromatic rings. The number of hydrogen-bond donors (Lipinski definition) is 2. The smallest absolute Gasteiger partial charge is 0.267 e. The van der Waals surface area contributed by atoms with Crippen LogP contribution in [0.5, 0.6) is 5.88 Å². The minimum Gasteiger partial charge on any atom is -0.493 e. The van der Waals surface area contributed by atoms with Crippen LogP contribution in [-0.2, 0) is 0 Å². The van der Waals surface area contributed by atoms with E-state index in [4.69, 9.17) is 5.73 Å². The van der Waals surface area contributed by atoms with E-state index >= 15 is 0 Å². The Balaban J connectivity index is 1.93. The summed E-state index contributed by atoms with van der Waals surface area (Å²) in [6, 6.07) is 7.58. The summed E-state index contributed by atoms with van der Waals surface area (Å²) in [7, 11) is 0. The predicted molar refractivity (Wildman–Crippen MR) is 96.5 cm³/mol. The van der Waals surface area contributed by atoms with Gasteiger partial charge in [-0.25, -0.2) is 13.8 Å². The fraction of sp³-hybridized carbons (Fsp3) is 0.0526. The van der Waals surface area contributed by atoms with Gasteiger partial charge in [0.1, 0.15) is 17.3 Å².